The number of piperidine rings is 3. The normalized spacial score (nSPS) is 41.2. The van der Waals surface area contributed by atoms with Gasteiger partial charge in [-0.25, -0.2) is 0 Å². The van der Waals surface area contributed by atoms with Crippen LogP contribution in [-0.4, -0.2) is 54.6 Å². The fourth-order valence-electron chi connectivity index (χ4n) is 5.05. The molecule has 4 aliphatic rings. The number of nitrogens with two attached hydrogens (primary N) is 1. The molecule has 3 saturated heterocycles. The SMILES string of the molecule is CN(C1CCC(C)(C)CC1)C1(CN)CN2CCC1CC2. The van der Waals surface area contributed by atoms with E-state index < -0.39 is 0 Å². The summed E-state index contributed by atoms with van der Waals surface area (Å²) in [5, 5.41) is 0. The van der Waals surface area contributed by atoms with Gasteiger partial charge in [-0.2, -0.15) is 0 Å². The van der Waals surface area contributed by atoms with Crippen molar-refractivity contribution in [3.05, 3.63) is 0 Å². The molecule has 1 aliphatic carbocycles. The van der Waals surface area contributed by atoms with Crippen molar-refractivity contribution in [3.8, 4) is 0 Å². The standard InChI is InChI=1S/C17H33N3/c1-16(2)8-4-15(5-9-16)19(3)17(12-18)13-20-10-6-14(17)7-11-20/h14-15H,4-13,18H2,1-3H3. The molecule has 1 unspecified atom stereocenters. The van der Waals surface area contributed by atoms with Crippen molar-refractivity contribution < 1.29 is 0 Å². The number of fused-ring (bicyclic) bond motifs is 3. The Morgan fingerprint density at radius 3 is 2.15 bits per heavy atom. The zero-order valence-electron chi connectivity index (χ0n) is 13.7. The average Bonchev–Trinajstić information content (AvgIpc) is 2.47. The maximum atomic E-state index is 6.32. The molecule has 0 amide bonds. The number of likely N-dealkylation sites (N-methyl/N-ethyl adjacent to an activating group) is 1. The van der Waals surface area contributed by atoms with Crippen LogP contribution in [0.3, 0.4) is 0 Å². The van der Waals surface area contributed by atoms with Crippen LogP contribution in [0, 0.1) is 11.3 Å². The Morgan fingerprint density at radius 2 is 1.70 bits per heavy atom. The van der Waals surface area contributed by atoms with E-state index in [1.165, 1.54) is 58.2 Å². The Kier molecular flexibility index (Phi) is 3.89. The van der Waals surface area contributed by atoms with Crippen LogP contribution < -0.4 is 5.73 Å². The van der Waals surface area contributed by atoms with E-state index in [1.807, 2.05) is 0 Å². The quantitative estimate of drug-likeness (QED) is 0.860. The summed E-state index contributed by atoms with van der Waals surface area (Å²) >= 11 is 0. The molecule has 0 aromatic rings. The second kappa shape index (κ2) is 5.26. The van der Waals surface area contributed by atoms with Crippen molar-refractivity contribution in [1.29, 1.82) is 0 Å². The Bertz CT molecular complexity index is 336. The van der Waals surface area contributed by atoms with Crippen LogP contribution in [-0.2, 0) is 0 Å². The molecule has 4 fully saturated rings. The van der Waals surface area contributed by atoms with Crippen LogP contribution in [0.5, 0.6) is 0 Å². The molecular weight excluding hydrogens is 246 g/mol. The molecule has 3 heterocycles. The van der Waals surface area contributed by atoms with Crippen LogP contribution in [0.2, 0.25) is 0 Å². The van der Waals surface area contributed by atoms with E-state index >= 15 is 0 Å². The van der Waals surface area contributed by atoms with Gasteiger partial charge in [-0.15, -0.1) is 0 Å². The lowest BCUT2D eigenvalue weighted by Crippen LogP contribution is -2.71. The summed E-state index contributed by atoms with van der Waals surface area (Å²) in [6.07, 6.45) is 8.18. The van der Waals surface area contributed by atoms with Gasteiger partial charge in [-0.05, 0) is 70.0 Å². The van der Waals surface area contributed by atoms with Crippen LogP contribution in [0.25, 0.3) is 0 Å². The second-order valence-corrected chi connectivity index (χ2v) is 8.36. The molecule has 0 aromatic heterocycles. The van der Waals surface area contributed by atoms with E-state index in [0.29, 0.717) is 5.41 Å². The highest BCUT2D eigenvalue weighted by Gasteiger charge is 2.50. The third-order valence-electron chi connectivity index (χ3n) is 6.76. The summed E-state index contributed by atoms with van der Waals surface area (Å²) in [6.45, 7) is 9.51. The van der Waals surface area contributed by atoms with E-state index in [4.69, 9.17) is 5.73 Å². The van der Waals surface area contributed by atoms with Gasteiger partial charge in [0.15, 0.2) is 0 Å². The lowest BCUT2D eigenvalue weighted by Gasteiger charge is -2.59. The summed E-state index contributed by atoms with van der Waals surface area (Å²) in [7, 11) is 2.37. The number of nitrogens with zero attached hydrogens (tertiary/aromatic N) is 2. The Labute approximate surface area is 124 Å². The third-order valence-corrected chi connectivity index (χ3v) is 6.76. The van der Waals surface area contributed by atoms with Crippen molar-refractivity contribution in [1.82, 2.24) is 9.80 Å². The van der Waals surface area contributed by atoms with Gasteiger partial charge in [0.2, 0.25) is 0 Å². The van der Waals surface area contributed by atoms with Crippen molar-refractivity contribution in [2.75, 3.05) is 33.2 Å². The third kappa shape index (κ3) is 2.42. The zero-order chi connectivity index (χ0) is 14.4. The van der Waals surface area contributed by atoms with Gasteiger partial charge in [-0.1, -0.05) is 13.8 Å². The van der Waals surface area contributed by atoms with Gasteiger partial charge < -0.3 is 10.6 Å². The maximum absolute atomic E-state index is 6.32. The highest BCUT2D eigenvalue weighted by atomic mass is 15.3. The molecule has 0 aromatic carbocycles. The van der Waals surface area contributed by atoms with E-state index in [2.05, 4.69) is 30.7 Å². The van der Waals surface area contributed by atoms with Crippen LogP contribution in [0.4, 0.5) is 0 Å². The summed E-state index contributed by atoms with van der Waals surface area (Å²) in [5.41, 5.74) is 7.14. The van der Waals surface area contributed by atoms with Gasteiger partial charge in [0.1, 0.15) is 0 Å². The highest BCUT2D eigenvalue weighted by molar-refractivity contribution is 5.07. The Morgan fingerprint density at radius 1 is 1.10 bits per heavy atom. The number of rotatable bonds is 3. The van der Waals surface area contributed by atoms with Crippen LogP contribution >= 0.6 is 0 Å². The van der Waals surface area contributed by atoms with E-state index in [9.17, 15) is 0 Å². The molecule has 20 heavy (non-hydrogen) atoms. The lowest BCUT2D eigenvalue weighted by atomic mass is 9.69. The molecule has 2 N–H and O–H groups in total. The first-order valence-electron chi connectivity index (χ1n) is 8.62. The van der Waals surface area contributed by atoms with Crippen molar-refractivity contribution in [2.24, 2.45) is 17.1 Å². The molecule has 0 radical (unpaired) electrons. The van der Waals surface area contributed by atoms with E-state index in [1.54, 1.807) is 0 Å². The zero-order valence-corrected chi connectivity index (χ0v) is 13.7. The predicted octanol–water partition coefficient (Wildman–Crippen LogP) is 2.31. The fourth-order valence-corrected chi connectivity index (χ4v) is 5.05. The fraction of sp³-hybridized carbons (Fsp3) is 1.00. The average molecular weight is 279 g/mol. The summed E-state index contributed by atoms with van der Waals surface area (Å²) in [4.78, 5) is 5.37. The van der Waals surface area contributed by atoms with E-state index in [0.717, 1.165) is 18.5 Å². The minimum Gasteiger partial charge on any atom is -0.329 e. The van der Waals surface area contributed by atoms with Crippen LogP contribution in [0.15, 0.2) is 0 Å². The molecule has 1 saturated carbocycles. The van der Waals surface area contributed by atoms with Crippen molar-refractivity contribution >= 4 is 0 Å². The topological polar surface area (TPSA) is 32.5 Å². The minimum absolute atomic E-state index is 0.267. The predicted molar refractivity (Wildman–Crippen MR) is 84.7 cm³/mol. The van der Waals surface area contributed by atoms with Gasteiger partial charge in [0.05, 0.1) is 0 Å². The minimum atomic E-state index is 0.267. The summed E-state index contributed by atoms with van der Waals surface area (Å²) in [5.74, 6) is 0.831. The molecule has 4 rings (SSSR count). The Balaban J connectivity index is 1.73. The first-order chi connectivity index (χ1) is 9.47. The first kappa shape index (κ1) is 14.8. The molecule has 3 nitrogen and oxygen atoms in total. The number of hydrogen-bond donors (Lipinski definition) is 1. The second-order valence-electron chi connectivity index (χ2n) is 8.36. The molecule has 3 aliphatic heterocycles. The molecule has 3 heteroatoms. The monoisotopic (exact) mass is 279 g/mol. The molecule has 0 spiro atoms. The molecule has 116 valence electrons. The van der Waals surface area contributed by atoms with Gasteiger partial charge >= 0.3 is 0 Å². The van der Waals surface area contributed by atoms with Gasteiger partial charge in [-0.3, -0.25) is 4.90 Å². The van der Waals surface area contributed by atoms with Gasteiger partial charge in [0, 0.05) is 24.7 Å². The lowest BCUT2D eigenvalue weighted by molar-refractivity contribution is -0.0823. The van der Waals surface area contributed by atoms with Crippen LogP contribution in [0.1, 0.15) is 52.4 Å². The smallest absolute Gasteiger partial charge is 0.0487 e. The van der Waals surface area contributed by atoms with Crippen molar-refractivity contribution in [2.45, 2.75) is 64.0 Å². The van der Waals surface area contributed by atoms with E-state index in [-0.39, 0.29) is 5.54 Å². The van der Waals surface area contributed by atoms with Crippen molar-refractivity contribution in [3.63, 3.8) is 0 Å². The molecular formula is C17H33N3. The van der Waals surface area contributed by atoms with Gasteiger partial charge in [0.25, 0.3) is 0 Å². The molecule has 2 bridgehead atoms. The Hall–Kier alpha value is -0.120. The first-order valence-corrected chi connectivity index (χ1v) is 8.62. The largest absolute Gasteiger partial charge is 0.329 e. The number of hydrogen-bond acceptors (Lipinski definition) is 3. The maximum Gasteiger partial charge on any atom is 0.0487 e. The highest BCUT2D eigenvalue weighted by Crippen LogP contribution is 2.43. The summed E-state index contributed by atoms with van der Waals surface area (Å²) in [6, 6.07) is 0.757. The summed E-state index contributed by atoms with van der Waals surface area (Å²) < 4.78 is 0. The molecule has 1 atom stereocenters.